The average molecular weight is 509 g/mol. The Balaban J connectivity index is 1.25. The first kappa shape index (κ1) is 28.6. The summed E-state index contributed by atoms with van der Waals surface area (Å²) in [5.41, 5.74) is 0. The predicted molar refractivity (Wildman–Crippen MR) is 132 cm³/mol. The lowest BCUT2D eigenvalue weighted by atomic mass is 9.80. The molecule has 0 saturated heterocycles. The number of hydrogen-bond donors (Lipinski definition) is 0. The summed E-state index contributed by atoms with van der Waals surface area (Å²) in [4.78, 5) is 48.6. The highest BCUT2D eigenvalue weighted by molar-refractivity contribution is 5.79. The first-order valence-electron chi connectivity index (χ1n) is 13.9. The fraction of sp³-hybridized carbons (Fsp3) is 0.857. The van der Waals surface area contributed by atoms with Crippen molar-refractivity contribution < 1.29 is 38.1 Å². The van der Waals surface area contributed by atoms with E-state index in [0.29, 0.717) is 57.3 Å². The van der Waals surface area contributed by atoms with Crippen molar-refractivity contribution in [2.75, 3.05) is 33.5 Å². The minimum absolute atomic E-state index is 0.0623. The van der Waals surface area contributed by atoms with Crippen LogP contribution in [-0.4, -0.2) is 57.2 Å². The Hall–Kier alpha value is -1.96. The Kier molecular flexibility index (Phi) is 11.7. The maximum atomic E-state index is 12.5. The molecule has 0 unspecified atom stereocenters. The van der Waals surface area contributed by atoms with Crippen LogP contribution in [0.2, 0.25) is 0 Å². The van der Waals surface area contributed by atoms with Crippen molar-refractivity contribution in [1.82, 2.24) is 0 Å². The smallest absolute Gasteiger partial charge is 0.309 e. The van der Waals surface area contributed by atoms with E-state index in [9.17, 15) is 19.2 Å². The van der Waals surface area contributed by atoms with Crippen molar-refractivity contribution >= 4 is 23.7 Å². The summed E-state index contributed by atoms with van der Waals surface area (Å²) < 4.78 is 21.4. The number of ketones is 1. The number of methoxy groups -OCH3 is 1. The monoisotopic (exact) mass is 508 g/mol. The second-order valence-electron chi connectivity index (χ2n) is 11.0. The van der Waals surface area contributed by atoms with Crippen LogP contribution in [0.4, 0.5) is 0 Å². The Morgan fingerprint density at radius 2 is 0.889 bits per heavy atom. The quantitative estimate of drug-likeness (QED) is 0.231. The van der Waals surface area contributed by atoms with Crippen LogP contribution < -0.4 is 0 Å². The molecule has 0 bridgehead atoms. The summed E-state index contributed by atoms with van der Waals surface area (Å²) in [7, 11) is 1.57. The van der Waals surface area contributed by atoms with Gasteiger partial charge in [-0.15, -0.1) is 0 Å². The van der Waals surface area contributed by atoms with E-state index in [1.165, 1.54) is 0 Å². The molecule has 3 aliphatic rings. The van der Waals surface area contributed by atoms with E-state index in [2.05, 4.69) is 0 Å². The van der Waals surface area contributed by atoms with Crippen molar-refractivity contribution in [3.05, 3.63) is 0 Å². The molecule has 8 heteroatoms. The topological polar surface area (TPSA) is 105 Å². The molecule has 36 heavy (non-hydrogen) atoms. The standard InChI is InChI=1S/C28H44O8/c1-19(29)22-7-9-24(10-8-22)27(31)35-17-20-3-5-21(6-4-20)18-36-28(32)25-13-11-23(12-14-25)26(30)34-16-15-33-2/h20-25H,3-18H2,1-2H3. The molecular weight excluding hydrogens is 464 g/mol. The highest BCUT2D eigenvalue weighted by Crippen LogP contribution is 2.33. The van der Waals surface area contributed by atoms with E-state index in [4.69, 9.17) is 18.9 Å². The lowest BCUT2D eigenvalue weighted by Gasteiger charge is -2.30. The highest BCUT2D eigenvalue weighted by atomic mass is 16.6. The molecule has 0 radical (unpaired) electrons. The van der Waals surface area contributed by atoms with Gasteiger partial charge in [-0.1, -0.05) is 0 Å². The maximum Gasteiger partial charge on any atom is 0.309 e. The van der Waals surface area contributed by atoms with Crippen LogP contribution in [0.15, 0.2) is 0 Å². The van der Waals surface area contributed by atoms with Gasteiger partial charge in [-0.05, 0) is 95.8 Å². The van der Waals surface area contributed by atoms with Crippen molar-refractivity contribution in [1.29, 1.82) is 0 Å². The van der Waals surface area contributed by atoms with E-state index in [0.717, 1.165) is 51.4 Å². The van der Waals surface area contributed by atoms with Crippen molar-refractivity contribution in [3.8, 4) is 0 Å². The second-order valence-corrected chi connectivity index (χ2v) is 11.0. The third-order valence-electron chi connectivity index (χ3n) is 8.45. The molecule has 0 aromatic heterocycles. The molecule has 8 nitrogen and oxygen atoms in total. The molecule has 3 fully saturated rings. The van der Waals surface area contributed by atoms with E-state index in [1.807, 2.05) is 0 Å². The zero-order chi connectivity index (χ0) is 25.9. The van der Waals surface area contributed by atoms with Gasteiger partial charge in [-0.25, -0.2) is 0 Å². The normalized spacial score (nSPS) is 30.7. The molecule has 0 atom stereocenters. The fourth-order valence-electron chi connectivity index (χ4n) is 5.84. The Morgan fingerprint density at radius 3 is 1.25 bits per heavy atom. The van der Waals surface area contributed by atoms with Gasteiger partial charge in [0.1, 0.15) is 12.4 Å². The lowest BCUT2D eigenvalue weighted by Crippen LogP contribution is -2.30. The molecular formula is C28H44O8. The first-order chi connectivity index (χ1) is 17.4. The molecule has 3 saturated carbocycles. The SMILES string of the molecule is COCCOC(=O)C1CCC(C(=O)OCC2CCC(COC(=O)C3CCC(C(C)=O)CC3)CC2)CC1. The molecule has 3 aliphatic carbocycles. The fourth-order valence-corrected chi connectivity index (χ4v) is 5.84. The van der Waals surface area contributed by atoms with Crippen LogP contribution in [0.5, 0.6) is 0 Å². The molecule has 0 N–H and O–H groups in total. The molecule has 3 rings (SSSR count). The predicted octanol–water partition coefficient (Wildman–Crippen LogP) is 4.27. The van der Waals surface area contributed by atoms with Gasteiger partial charge in [0.15, 0.2) is 0 Å². The number of hydrogen-bond acceptors (Lipinski definition) is 8. The number of carbonyl (C=O) groups excluding carboxylic acids is 4. The van der Waals surface area contributed by atoms with E-state index in [-0.39, 0.29) is 54.0 Å². The van der Waals surface area contributed by atoms with Gasteiger partial charge in [0.2, 0.25) is 0 Å². The Labute approximate surface area is 215 Å². The Bertz CT molecular complexity index is 726. The van der Waals surface area contributed by atoms with Crippen LogP contribution >= 0.6 is 0 Å². The van der Waals surface area contributed by atoms with Gasteiger partial charge in [-0.2, -0.15) is 0 Å². The van der Waals surface area contributed by atoms with Crippen LogP contribution in [0, 0.1) is 35.5 Å². The summed E-state index contributed by atoms with van der Waals surface area (Å²) >= 11 is 0. The van der Waals surface area contributed by atoms with Crippen molar-refractivity contribution in [2.45, 2.75) is 84.0 Å². The minimum Gasteiger partial charge on any atom is -0.465 e. The molecule has 0 heterocycles. The lowest BCUT2D eigenvalue weighted by molar-refractivity contribution is -0.157. The molecule has 204 valence electrons. The summed E-state index contributed by atoms with van der Waals surface area (Å²) in [6.07, 6.45) is 9.63. The third kappa shape index (κ3) is 8.86. The second kappa shape index (κ2) is 14.7. The largest absolute Gasteiger partial charge is 0.465 e. The molecule has 0 aromatic carbocycles. The summed E-state index contributed by atoms with van der Waals surface area (Å²) in [5.74, 6) is 0.302. The minimum atomic E-state index is -0.193. The van der Waals surface area contributed by atoms with Gasteiger partial charge < -0.3 is 18.9 Å². The molecule has 0 amide bonds. The van der Waals surface area contributed by atoms with Crippen molar-refractivity contribution in [2.24, 2.45) is 35.5 Å². The number of ether oxygens (including phenoxy) is 4. The van der Waals surface area contributed by atoms with Gasteiger partial charge >= 0.3 is 17.9 Å². The summed E-state index contributed by atoms with van der Waals surface area (Å²) in [6.45, 7) is 3.21. The number of rotatable bonds is 11. The van der Waals surface area contributed by atoms with Gasteiger partial charge in [-0.3, -0.25) is 19.2 Å². The van der Waals surface area contributed by atoms with E-state index in [1.54, 1.807) is 14.0 Å². The number of esters is 3. The highest BCUT2D eigenvalue weighted by Gasteiger charge is 2.33. The molecule has 0 aliphatic heterocycles. The summed E-state index contributed by atoms with van der Waals surface area (Å²) in [6, 6.07) is 0. The first-order valence-corrected chi connectivity index (χ1v) is 13.9. The Morgan fingerprint density at radius 1 is 0.528 bits per heavy atom. The van der Waals surface area contributed by atoms with Gasteiger partial charge in [0, 0.05) is 13.0 Å². The van der Waals surface area contributed by atoms with E-state index < -0.39 is 0 Å². The number of Topliss-reactive ketones (excluding diaryl/α,β-unsaturated/α-hetero) is 1. The van der Waals surface area contributed by atoms with Gasteiger partial charge in [0.25, 0.3) is 0 Å². The van der Waals surface area contributed by atoms with Crippen LogP contribution in [0.1, 0.15) is 84.0 Å². The zero-order valence-corrected chi connectivity index (χ0v) is 22.0. The van der Waals surface area contributed by atoms with Crippen LogP contribution in [0.3, 0.4) is 0 Å². The maximum absolute atomic E-state index is 12.5. The molecule has 0 aromatic rings. The van der Waals surface area contributed by atoms with Gasteiger partial charge in [0.05, 0.1) is 37.6 Å². The number of carbonyl (C=O) groups is 4. The van der Waals surface area contributed by atoms with E-state index >= 15 is 0 Å². The van der Waals surface area contributed by atoms with Crippen LogP contribution in [0.25, 0.3) is 0 Å². The van der Waals surface area contributed by atoms with Crippen molar-refractivity contribution in [3.63, 3.8) is 0 Å². The summed E-state index contributed by atoms with van der Waals surface area (Å²) in [5, 5.41) is 0. The zero-order valence-electron chi connectivity index (χ0n) is 22.0. The average Bonchev–Trinajstić information content (AvgIpc) is 2.91. The molecule has 0 spiro atoms. The third-order valence-corrected chi connectivity index (χ3v) is 8.45. The van der Waals surface area contributed by atoms with Crippen LogP contribution in [-0.2, 0) is 38.1 Å².